The first-order chi connectivity index (χ1) is 15.1. The molecule has 1 heterocycles. The lowest BCUT2D eigenvalue weighted by Crippen LogP contribution is -2.22. The largest absolute Gasteiger partial charge is 0.504 e. The van der Waals surface area contributed by atoms with Gasteiger partial charge in [-0.1, -0.05) is 42.5 Å². The first-order valence-corrected chi connectivity index (χ1v) is 9.73. The number of aromatic nitrogens is 2. The van der Waals surface area contributed by atoms with Crippen LogP contribution in [0, 0.1) is 0 Å². The molecular formula is C25H20N2O4. The zero-order valence-corrected chi connectivity index (χ0v) is 16.9. The Morgan fingerprint density at radius 3 is 2.55 bits per heavy atom. The molecule has 0 amide bonds. The van der Waals surface area contributed by atoms with Crippen molar-refractivity contribution in [2.75, 3.05) is 7.11 Å². The van der Waals surface area contributed by atoms with Gasteiger partial charge in [0.05, 0.1) is 29.3 Å². The highest BCUT2D eigenvalue weighted by molar-refractivity contribution is 6.00. The minimum absolute atomic E-state index is 0.0260. The number of ether oxygens (including phenoxy) is 1. The summed E-state index contributed by atoms with van der Waals surface area (Å²) in [5.41, 5.74) is 1.25. The Morgan fingerprint density at radius 2 is 1.77 bits per heavy atom. The highest BCUT2D eigenvalue weighted by Crippen LogP contribution is 2.30. The van der Waals surface area contributed by atoms with E-state index in [-0.39, 0.29) is 34.8 Å². The van der Waals surface area contributed by atoms with Gasteiger partial charge in [0.2, 0.25) is 0 Å². The van der Waals surface area contributed by atoms with Crippen LogP contribution in [0.25, 0.3) is 22.7 Å². The Labute approximate surface area is 178 Å². The Morgan fingerprint density at radius 1 is 1.03 bits per heavy atom. The average molecular weight is 412 g/mol. The molecule has 0 unspecified atom stereocenters. The summed E-state index contributed by atoms with van der Waals surface area (Å²) in [4.78, 5) is 30.4. The van der Waals surface area contributed by atoms with Gasteiger partial charge in [0.25, 0.3) is 5.56 Å². The van der Waals surface area contributed by atoms with Crippen LogP contribution in [0.5, 0.6) is 11.5 Å². The predicted octanol–water partition coefficient (Wildman–Crippen LogP) is 4.39. The summed E-state index contributed by atoms with van der Waals surface area (Å²) in [7, 11) is 1.43. The third-order valence-electron chi connectivity index (χ3n) is 4.91. The Bertz CT molecular complexity index is 1340. The SMILES string of the molecule is COc1cccc(C(=O)C/C=C/c2nc3ccccc3c(=O)n2-c2ccccc2)c1O. The topological polar surface area (TPSA) is 81.4 Å². The number of fused-ring (bicyclic) bond motifs is 1. The minimum atomic E-state index is -0.276. The Balaban J connectivity index is 1.72. The van der Waals surface area contributed by atoms with Crippen molar-refractivity contribution in [3.8, 4) is 17.2 Å². The van der Waals surface area contributed by atoms with Crippen molar-refractivity contribution in [2.24, 2.45) is 0 Å². The number of nitrogens with zero attached hydrogens (tertiary/aromatic N) is 2. The number of allylic oxidation sites excluding steroid dienone is 1. The van der Waals surface area contributed by atoms with E-state index >= 15 is 0 Å². The number of Topliss-reactive ketones (excluding diaryl/α,β-unsaturated/α-hetero) is 1. The van der Waals surface area contributed by atoms with Gasteiger partial charge in [-0.3, -0.25) is 14.2 Å². The summed E-state index contributed by atoms with van der Waals surface area (Å²) < 4.78 is 6.58. The van der Waals surface area contributed by atoms with Gasteiger partial charge in [-0.15, -0.1) is 0 Å². The molecule has 1 N–H and O–H groups in total. The van der Waals surface area contributed by atoms with Crippen LogP contribution in [0.3, 0.4) is 0 Å². The van der Waals surface area contributed by atoms with Gasteiger partial charge in [-0.05, 0) is 42.5 Å². The lowest BCUT2D eigenvalue weighted by Gasteiger charge is -2.11. The zero-order chi connectivity index (χ0) is 21.8. The third-order valence-corrected chi connectivity index (χ3v) is 4.91. The molecule has 6 nitrogen and oxygen atoms in total. The van der Waals surface area contributed by atoms with E-state index in [0.717, 1.165) is 0 Å². The molecule has 0 fully saturated rings. The molecule has 31 heavy (non-hydrogen) atoms. The van der Waals surface area contributed by atoms with Crippen LogP contribution in [0.1, 0.15) is 22.6 Å². The molecule has 0 radical (unpaired) electrons. The molecule has 0 aliphatic rings. The van der Waals surface area contributed by atoms with Crippen LogP contribution in [0.15, 0.2) is 83.7 Å². The molecule has 6 heteroatoms. The van der Waals surface area contributed by atoms with Crippen LogP contribution in [-0.2, 0) is 0 Å². The molecule has 3 aromatic carbocycles. The summed E-state index contributed by atoms with van der Waals surface area (Å²) in [6.07, 6.45) is 3.31. The fourth-order valence-electron chi connectivity index (χ4n) is 3.38. The summed E-state index contributed by atoms with van der Waals surface area (Å²) in [5, 5.41) is 10.7. The van der Waals surface area contributed by atoms with Gasteiger partial charge >= 0.3 is 0 Å². The first-order valence-electron chi connectivity index (χ1n) is 9.73. The van der Waals surface area contributed by atoms with E-state index in [2.05, 4.69) is 4.98 Å². The monoisotopic (exact) mass is 412 g/mol. The predicted molar refractivity (Wildman–Crippen MR) is 120 cm³/mol. The molecule has 0 atom stereocenters. The lowest BCUT2D eigenvalue weighted by atomic mass is 10.1. The van der Waals surface area contributed by atoms with Crippen LogP contribution < -0.4 is 10.3 Å². The number of carbonyl (C=O) groups excluding carboxylic acids is 1. The average Bonchev–Trinajstić information content (AvgIpc) is 2.80. The van der Waals surface area contributed by atoms with Crippen molar-refractivity contribution in [1.82, 2.24) is 9.55 Å². The molecule has 0 aliphatic carbocycles. The quantitative estimate of drug-likeness (QED) is 0.475. The number of rotatable bonds is 6. The van der Waals surface area contributed by atoms with Gasteiger partial charge in [-0.25, -0.2) is 4.98 Å². The van der Waals surface area contributed by atoms with Crippen molar-refractivity contribution in [1.29, 1.82) is 0 Å². The van der Waals surface area contributed by atoms with Crippen molar-refractivity contribution in [3.63, 3.8) is 0 Å². The molecule has 0 aliphatic heterocycles. The molecule has 0 bridgehead atoms. The molecule has 4 rings (SSSR count). The zero-order valence-electron chi connectivity index (χ0n) is 16.9. The summed E-state index contributed by atoms with van der Waals surface area (Å²) in [6.45, 7) is 0. The second kappa shape index (κ2) is 8.67. The number of carbonyl (C=O) groups is 1. The van der Waals surface area contributed by atoms with E-state index in [1.807, 2.05) is 36.4 Å². The molecule has 0 spiro atoms. The van der Waals surface area contributed by atoms with Gasteiger partial charge in [0, 0.05) is 6.42 Å². The summed E-state index contributed by atoms with van der Waals surface area (Å²) in [5.74, 6) is 0.192. The number of methoxy groups -OCH3 is 1. The molecule has 0 saturated heterocycles. The number of hydrogen-bond acceptors (Lipinski definition) is 5. The maximum atomic E-state index is 13.2. The van der Waals surface area contributed by atoms with Crippen LogP contribution in [-0.4, -0.2) is 27.6 Å². The standard InChI is InChI=1S/C25H20N2O4/c1-31-22-15-7-12-19(24(22)29)21(28)14-8-16-23-26-20-13-6-5-11-18(20)25(30)27(23)17-9-3-2-4-10-17/h2-13,15-16,29H,14H2,1H3/b16-8+. The van der Waals surface area contributed by atoms with E-state index in [9.17, 15) is 14.7 Å². The highest BCUT2D eigenvalue weighted by atomic mass is 16.5. The third kappa shape index (κ3) is 3.96. The summed E-state index contributed by atoms with van der Waals surface area (Å²) in [6, 6.07) is 21.1. The fourth-order valence-corrected chi connectivity index (χ4v) is 3.38. The minimum Gasteiger partial charge on any atom is -0.504 e. The van der Waals surface area contributed by atoms with Crippen LogP contribution >= 0.6 is 0 Å². The van der Waals surface area contributed by atoms with E-state index in [1.165, 1.54) is 11.7 Å². The molecule has 1 aromatic heterocycles. The van der Waals surface area contributed by atoms with Gasteiger partial charge in [0.1, 0.15) is 5.82 Å². The van der Waals surface area contributed by atoms with Crippen LogP contribution in [0.4, 0.5) is 0 Å². The maximum absolute atomic E-state index is 13.2. The second-order valence-corrected chi connectivity index (χ2v) is 6.85. The number of para-hydroxylation sites is 3. The van der Waals surface area contributed by atoms with Gasteiger partial charge in [-0.2, -0.15) is 0 Å². The van der Waals surface area contributed by atoms with E-state index in [1.54, 1.807) is 48.6 Å². The number of hydrogen-bond donors (Lipinski definition) is 1. The molecular weight excluding hydrogens is 392 g/mol. The van der Waals surface area contributed by atoms with Gasteiger partial charge in [0.15, 0.2) is 17.3 Å². The fraction of sp³-hybridized carbons (Fsp3) is 0.0800. The molecule has 154 valence electrons. The number of aromatic hydroxyl groups is 1. The number of ketones is 1. The second-order valence-electron chi connectivity index (χ2n) is 6.85. The molecule has 0 saturated carbocycles. The smallest absolute Gasteiger partial charge is 0.266 e. The van der Waals surface area contributed by atoms with E-state index in [4.69, 9.17) is 4.74 Å². The number of phenolic OH excluding ortho intramolecular Hbond substituents is 1. The van der Waals surface area contributed by atoms with Gasteiger partial charge < -0.3 is 9.84 Å². The van der Waals surface area contributed by atoms with Crippen molar-refractivity contribution < 1.29 is 14.6 Å². The van der Waals surface area contributed by atoms with Crippen molar-refractivity contribution >= 4 is 22.8 Å². The lowest BCUT2D eigenvalue weighted by molar-refractivity contribution is 0.0993. The highest BCUT2D eigenvalue weighted by Gasteiger charge is 2.14. The maximum Gasteiger partial charge on any atom is 0.266 e. The summed E-state index contributed by atoms with van der Waals surface area (Å²) >= 11 is 0. The number of phenols is 1. The van der Waals surface area contributed by atoms with Crippen molar-refractivity contribution in [2.45, 2.75) is 6.42 Å². The van der Waals surface area contributed by atoms with Crippen molar-refractivity contribution in [3.05, 3.63) is 101 Å². The van der Waals surface area contributed by atoms with E-state index in [0.29, 0.717) is 22.4 Å². The normalized spacial score (nSPS) is 11.1. The Hall–Kier alpha value is -4.19. The number of benzene rings is 3. The first kappa shape index (κ1) is 20.1. The molecule has 4 aromatic rings. The van der Waals surface area contributed by atoms with Crippen LogP contribution in [0.2, 0.25) is 0 Å². The van der Waals surface area contributed by atoms with E-state index < -0.39 is 0 Å². The Kier molecular flexibility index (Phi) is 5.62.